The summed E-state index contributed by atoms with van der Waals surface area (Å²) in [5, 5.41) is 0. The molecule has 0 aromatic rings. The van der Waals surface area contributed by atoms with Crippen LogP contribution in [0.3, 0.4) is 0 Å². The van der Waals surface area contributed by atoms with E-state index in [1.54, 1.807) is 0 Å². The van der Waals surface area contributed by atoms with Crippen LogP contribution in [0.5, 0.6) is 0 Å². The third-order valence-electron chi connectivity index (χ3n) is 0. The summed E-state index contributed by atoms with van der Waals surface area (Å²) in [5.41, 5.74) is 0. The minimum absolute atomic E-state index is 0. The number of rotatable bonds is 0. The third kappa shape index (κ3) is 9.17. The Bertz CT molecular complexity index is 8.00. The minimum Gasteiger partial charge on any atom is -2.00 e. The van der Waals surface area contributed by atoms with E-state index in [-0.39, 0.29) is 69.0 Å². The van der Waals surface area contributed by atoms with Gasteiger partial charge in [-0.3, -0.25) is 0 Å². The molecule has 0 amide bonds. The summed E-state index contributed by atoms with van der Waals surface area (Å²) in [4.78, 5) is 0. The van der Waals surface area contributed by atoms with Gasteiger partial charge in [-0.25, -0.2) is 0 Å². The van der Waals surface area contributed by atoms with Crippen molar-refractivity contribution in [3.63, 3.8) is 0 Å². The van der Waals surface area contributed by atoms with Crippen LogP contribution in [0.1, 0.15) is 0 Å². The van der Waals surface area contributed by atoms with Crippen molar-refractivity contribution in [3.05, 3.63) is 0 Å². The van der Waals surface area contributed by atoms with Crippen molar-refractivity contribution < 1.29 is 5.48 Å². The Hall–Kier alpha value is 1.82. The normalized spacial score (nSPS) is 0. The number of hydrogen-bond acceptors (Lipinski definition) is 0. The van der Waals surface area contributed by atoms with Gasteiger partial charge >= 0.3 is 37.7 Å². The molecule has 0 saturated carbocycles. The second-order valence-electron chi connectivity index (χ2n) is 0. The number of hydrogen-bond donors (Lipinski definition) is 0. The van der Waals surface area contributed by atoms with E-state index < -0.39 is 0 Å². The zero-order chi connectivity index (χ0) is 0. The van der Waals surface area contributed by atoms with Gasteiger partial charge in [0.15, 0.2) is 0 Å². The molecular weight excluding hydrogens is 93.9 g/mol. The second-order valence-corrected chi connectivity index (χ2v) is 0. The zero-order valence-electron chi connectivity index (χ0n) is 1.69. The molecule has 0 rings (SSSR count). The first-order valence-corrected chi connectivity index (χ1v) is 0. The molecule has 0 unspecified atom stereocenters. The van der Waals surface area contributed by atoms with Crippen LogP contribution in [-0.2, 0) is 5.48 Å². The molecule has 1 nitrogen and oxygen atoms in total. The van der Waals surface area contributed by atoms with Crippen molar-refractivity contribution >= 4 is 63.5 Å². The van der Waals surface area contributed by atoms with Crippen LogP contribution in [0, 0.1) is 0 Å². The fraction of sp³-hybridized carbons (Fsp3) is 0. The van der Waals surface area contributed by atoms with E-state index in [0.717, 1.165) is 0 Å². The van der Waals surface area contributed by atoms with Crippen LogP contribution >= 0.6 is 0 Å². The molecule has 3 radical (unpaired) electrons. The summed E-state index contributed by atoms with van der Waals surface area (Å²) in [5.74, 6) is 0. The van der Waals surface area contributed by atoms with E-state index in [9.17, 15) is 0 Å². The van der Waals surface area contributed by atoms with Gasteiger partial charge in [0.05, 0.1) is 8.41 Å². The molecular formula is H3AlBCaO. The summed E-state index contributed by atoms with van der Waals surface area (Å²) in [6.45, 7) is 0. The van der Waals surface area contributed by atoms with Crippen molar-refractivity contribution in [2.75, 3.05) is 0 Å². The SMILES string of the molecule is B.[Al].[Ca+2].[O-2]. The van der Waals surface area contributed by atoms with Crippen LogP contribution in [0.25, 0.3) is 0 Å². The molecule has 4 heavy (non-hydrogen) atoms. The van der Waals surface area contributed by atoms with Crippen molar-refractivity contribution in [1.29, 1.82) is 0 Å². The molecule has 0 aromatic heterocycles. The first kappa shape index (κ1) is 40.9. The van der Waals surface area contributed by atoms with Crippen molar-refractivity contribution in [1.82, 2.24) is 0 Å². The van der Waals surface area contributed by atoms with Crippen LogP contribution in [0.15, 0.2) is 0 Å². The average Bonchev–Trinajstić information content (AvgIpc) is 0. The van der Waals surface area contributed by atoms with E-state index in [1.807, 2.05) is 0 Å². The first-order valence-electron chi connectivity index (χ1n) is 0. The molecule has 0 heterocycles. The molecule has 0 fully saturated rings. The molecule has 0 aromatic carbocycles. The molecule has 0 bridgehead atoms. The van der Waals surface area contributed by atoms with Crippen molar-refractivity contribution in [2.24, 2.45) is 0 Å². The van der Waals surface area contributed by atoms with Crippen LogP contribution in [0.4, 0.5) is 0 Å². The topological polar surface area (TPSA) is 28.5 Å². The standard InChI is InChI=1S/Al.BH3.Ca.O/h;1H3;;/q;;+2;-2. The molecule has 4 heteroatoms. The van der Waals surface area contributed by atoms with E-state index in [0.29, 0.717) is 0 Å². The quantitative estimate of drug-likeness (QED) is 0.311. The van der Waals surface area contributed by atoms with Gasteiger partial charge in [-0.15, -0.1) is 0 Å². The molecule has 0 spiro atoms. The summed E-state index contributed by atoms with van der Waals surface area (Å²) in [6, 6.07) is 0. The fourth-order valence-electron chi connectivity index (χ4n) is 0. The van der Waals surface area contributed by atoms with Gasteiger partial charge in [-0.2, -0.15) is 0 Å². The van der Waals surface area contributed by atoms with E-state index in [1.165, 1.54) is 0 Å². The Morgan fingerprint density at radius 2 is 1.00 bits per heavy atom. The Morgan fingerprint density at radius 1 is 1.00 bits per heavy atom. The van der Waals surface area contributed by atoms with Gasteiger partial charge in [0.1, 0.15) is 0 Å². The van der Waals surface area contributed by atoms with Crippen LogP contribution in [-0.4, -0.2) is 63.5 Å². The van der Waals surface area contributed by atoms with Crippen LogP contribution in [0.2, 0.25) is 0 Å². The minimum atomic E-state index is 0. The molecule has 0 N–H and O–H groups in total. The van der Waals surface area contributed by atoms with Gasteiger partial charge in [0, 0.05) is 17.4 Å². The Kier molecular flexibility index (Phi) is 217. The largest absolute Gasteiger partial charge is 2.00 e. The first-order chi connectivity index (χ1) is 0. The second kappa shape index (κ2) is 21.3. The van der Waals surface area contributed by atoms with Gasteiger partial charge in [0.2, 0.25) is 0 Å². The van der Waals surface area contributed by atoms with Gasteiger partial charge in [-0.1, -0.05) is 0 Å². The van der Waals surface area contributed by atoms with E-state index >= 15 is 0 Å². The maximum atomic E-state index is 0. The Balaban J connectivity index is 0. The molecule has 0 aliphatic heterocycles. The van der Waals surface area contributed by atoms with Crippen molar-refractivity contribution in [3.8, 4) is 0 Å². The van der Waals surface area contributed by atoms with Crippen molar-refractivity contribution in [2.45, 2.75) is 0 Å². The van der Waals surface area contributed by atoms with E-state index in [2.05, 4.69) is 0 Å². The fourth-order valence-corrected chi connectivity index (χ4v) is 0. The predicted octanol–water partition coefficient (Wildman–Crippen LogP) is -2.06. The van der Waals surface area contributed by atoms with Gasteiger partial charge in [0.25, 0.3) is 0 Å². The Morgan fingerprint density at radius 3 is 1.00 bits per heavy atom. The van der Waals surface area contributed by atoms with Gasteiger partial charge in [-0.05, 0) is 0 Å². The molecule has 0 saturated heterocycles. The molecule has 17 valence electrons. The maximum Gasteiger partial charge on any atom is 2.00 e. The monoisotopic (exact) mass is 97.0 g/mol. The summed E-state index contributed by atoms with van der Waals surface area (Å²) >= 11 is 0. The Labute approximate surface area is 68.2 Å². The zero-order valence-corrected chi connectivity index (χ0v) is 5.06. The smallest absolute Gasteiger partial charge is 2.00 e. The summed E-state index contributed by atoms with van der Waals surface area (Å²) in [7, 11) is 0. The molecule has 0 aliphatic carbocycles. The maximum absolute atomic E-state index is 0. The summed E-state index contributed by atoms with van der Waals surface area (Å²) in [6.07, 6.45) is 0. The molecule has 0 aliphatic rings. The molecule has 0 atom stereocenters. The predicted molar refractivity (Wildman–Crippen MR) is 22.1 cm³/mol. The third-order valence-corrected chi connectivity index (χ3v) is 0. The van der Waals surface area contributed by atoms with Crippen LogP contribution < -0.4 is 0 Å². The van der Waals surface area contributed by atoms with E-state index in [4.69, 9.17) is 0 Å². The summed E-state index contributed by atoms with van der Waals surface area (Å²) < 4.78 is 0. The van der Waals surface area contributed by atoms with Gasteiger partial charge < -0.3 is 5.48 Å². The average molecular weight is 96.9 g/mol.